The summed E-state index contributed by atoms with van der Waals surface area (Å²) in [5.41, 5.74) is 5.45. The van der Waals surface area contributed by atoms with Crippen LogP contribution in [-0.2, 0) is 13.1 Å². The first-order valence-corrected chi connectivity index (χ1v) is 10.8. The van der Waals surface area contributed by atoms with E-state index in [1.165, 1.54) is 30.5 Å². The molecule has 4 nitrogen and oxygen atoms in total. The molecular weight excluding hydrogens is 356 g/mol. The lowest BCUT2D eigenvalue weighted by Crippen LogP contribution is -2.28. The molecule has 2 aromatic rings. The first-order valence-electron chi connectivity index (χ1n) is 10.8. The molecule has 1 fully saturated rings. The molecule has 0 N–H and O–H groups in total. The molecule has 4 heteroatoms. The number of likely N-dealkylation sites (N-methyl/N-ethyl adjacent to an activating group) is 1. The molecule has 0 unspecified atom stereocenters. The summed E-state index contributed by atoms with van der Waals surface area (Å²) in [5.74, 6) is 0. The normalized spacial score (nSPS) is 16.0. The van der Waals surface area contributed by atoms with Gasteiger partial charge in [0, 0.05) is 26.2 Å². The molecule has 3 rings (SSSR count). The predicted molar refractivity (Wildman–Crippen MR) is 121 cm³/mol. The summed E-state index contributed by atoms with van der Waals surface area (Å²) in [4.78, 5) is 7.24. The highest BCUT2D eigenvalue weighted by atomic mass is 15.2. The van der Waals surface area contributed by atoms with E-state index in [1.54, 1.807) is 0 Å². The van der Waals surface area contributed by atoms with Gasteiger partial charge in [-0.05, 0) is 74.9 Å². The minimum Gasteiger partial charge on any atom is -0.305 e. The van der Waals surface area contributed by atoms with Gasteiger partial charge < -0.3 is 9.80 Å². The van der Waals surface area contributed by atoms with Crippen molar-refractivity contribution in [2.45, 2.75) is 32.9 Å². The van der Waals surface area contributed by atoms with E-state index in [0.717, 1.165) is 56.0 Å². The number of benzene rings is 2. The van der Waals surface area contributed by atoms with E-state index in [2.05, 4.69) is 84.3 Å². The lowest BCUT2D eigenvalue weighted by molar-refractivity contribution is 0.269. The van der Waals surface area contributed by atoms with Crippen LogP contribution < -0.4 is 0 Å². The number of nitrogens with zero attached hydrogens (tertiary/aromatic N) is 4. The van der Waals surface area contributed by atoms with Crippen molar-refractivity contribution in [1.29, 1.82) is 5.26 Å². The van der Waals surface area contributed by atoms with Crippen molar-refractivity contribution in [3.05, 3.63) is 59.2 Å². The van der Waals surface area contributed by atoms with Crippen LogP contribution in [0.15, 0.2) is 42.5 Å². The van der Waals surface area contributed by atoms with Gasteiger partial charge in [-0.1, -0.05) is 43.3 Å². The molecule has 0 radical (unpaired) electrons. The summed E-state index contributed by atoms with van der Waals surface area (Å²) in [6.07, 6.45) is 2.38. The average molecular weight is 391 g/mol. The fourth-order valence-electron chi connectivity index (χ4n) is 4.11. The van der Waals surface area contributed by atoms with Crippen molar-refractivity contribution >= 4 is 0 Å². The molecule has 1 saturated heterocycles. The van der Waals surface area contributed by atoms with Gasteiger partial charge in [0.15, 0.2) is 0 Å². The number of rotatable bonds is 7. The second kappa shape index (κ2) is 10.5. The standard InChI is InChI=1S/C25H34N4/c1-4-12-28(3)19-21-6-9-23(10-7-21)25-11-8-22(17-24(25)18-26)20-29-14-5-13-27(2)15-16-29/h6-11,17H,4-5,12-16,19-20H2,1-3H3. The summed E-state index contributed by atoms with van der Waals surface area (Å²) < 4.78 is 0. The Morgan fingerprint density at radius 2 is 1.76 bits per heavy atom. The van der Waals surface area contributed by atoms with Crippen LogP contribution in [0.4, 0.5) is 0 Å². The molecule has 0 atom stereocenters. The molecule has 0 aromatic heterocycles. The van der Waals surface area contributed by atoms with Crippen LogP contribution in [0.25, 0.3) is 11.1 Å². The Kier molecular flexibility index (Phi) is 7.83. The summed E-state index contributed by atoms with van der Waals surface area (Å²) >= 11 is 0. The Morgan fingerprint density at radius 3 is 2.48 bits per heavy atom. The van der Waals surface area contributed by atoms with E-state index < -0.39 is 0 Å². The van der Waals surface area contributed by atoms with Crippen LogP contribution in [0.5, 0.6) is 0 Å². The minimum absolute atomic E-state index is 0.769. The molecule has 1 heterocycles. The van der Waals surface area contributed by atoms with Gasteiger partial charge in [-0.2, -0.15) is 5.26 Å². The largest absolute Gasteiger partial charge is 0.305 e. The van der Waals surface area contributed by atoms with Gasteiger partial charge in [0.25, 0.3) is 0 Å². The summed E-state index contributed by atoms with van der Waals surface area (Å²) in [6, 6.07) is 17.5. The average Bonchev–Trinajstić information content (AvgIpc) is 2.93. The zero-order valence-corrected chi connectivity index (χ0v) is 18.2. The highest BCUT2D eigenvalue weighted by Crippen LogP contribution is 2.26. The first-order chi connectivity index (χ1) is 14.1. The van der Waals surface area contributed by atoms with E-state index in [0.29, 0.717) is 0 Å². The van der Waals surface area contributed by atoms with Crippen molar-refractivity contribution < 1.29 is 0 Å². The van der Waals surface area contributed by atoms with Gasteiger partial charge >= 0.3 is 0 Å². The fraction of sp³-hybridized carbons (Fsp3) is 0.480. The second-order valence-electron chi connectivity index (χ2n) is 8.36. The van der Waals surface area contributed by atoms with Gasteiger partial charge in [-0.15, -0.1) is 0 Å². The summed E-state index contributed by atoms with van der Waals surface area (Å²) in [5, 5.41) is 9.75. The molecule has 2 aromatic carbocycles. The number of hydrogen-bond acceptors (Lipinski definition) is 4. The van der Waals surface area contributed by atoms with Crippen LogP contribution in [0, 0.1) is 11.3 Å². The zero-order valence-electron chi connectivity index (χ0n) is 18.2. The topological polar surface area (TPSA) is 33.5 Å². The third-order valence-corrected chi connectivity index (χ3v) is 5.75. The van der Waals surface area contributed by atoms with E-state index in [-0.39, 0.29) is 0 Å². The monoisotopic (exact) mass is 390 g/mol. The van der Waals surface area contributed by atoms with Crippen LogP contribution in [0.2, 0.25) is 0 Å². The molecule has 154 valence electrons. The van der Waals surface area contributed by atoms with Gasteiger partial charge in [-0.3, -0.25) is 4.90 Å². The fourth-order valence-corrected chi connectivity index (χ4v) is 4.11. The Morgan fingerprint density at radius 1 is 1.00 bits per heavy atom. The highest BCUT2D eigenvalue weighted by Gasteiger charge is 2.14. The first kappa shape index (κ1) is 21.5. The minimum atomic E-state index is 0.769. The molecule has 0 aliphatic carbocycles. The number of hydrogen-bond donors (Lipinski definition) is 0. The van der Waals surface area contributed by atoms with Crippen molar-refractivity contribution in [2.24, 2.45) is 0 Å². The SMILES string of the molecule is CCCN(C)Cc1ccc(-c2ccc(CN3CCCN(C)CC3)cc2C#N)cc1. The zero-order chi connectivity index (χ0) is 20.6. The maximum Gasteiger partial charge on any atom is 0.0998 e. The molecule has 0 saturated carbocycles. The lowest BCUT2D eigenvalue weighted by Gasteiger charge is -2.20. The molecular formula is C25H34N4. The molecule has 0 bridgehead atoms. The summed E-state index contributed by atoms with van der Waals surface area (Å²) in [6.45, 7) is 9.70. The molecule has 0 amide bonds. The maximum absolute atomic E-state index is 9.75. The maximum atomic E-state index is 9.75. The van der Waals surface area contributed by atoms with Crippen LogP contribution in [0.1, 0.15) is 36.5 Å². The van der Waals surface area contributed by atoms with Crippen molar-refractivity contribution in [1.82, 2.24) is 14.7 Å². The van der Waals surface area contributed by atoms with E-state index >= 15 is 0 Å². The van der Waals surface area contributed by atoms with Gasteiger partial charge in [0.1, 0.15) is 0 Å². The molecule has 29 heavy (non-hydrogen) atoms. The van der Waals surface area contributed by atoms with Crippen molar-refractivity contribution in [3.8, 4) is 17.2 Å². The molecule has 1 aliphatic rings. The lowest BCUT2D eigenvalue weighted by atomic mass is 9.97. The predicted octanol–water partition coefficient (Wildman–Crippen LogP) is 4.20. The van der Waals surface area contributed by atoms with Gasteiger partial charge in [0.2, 0.25) is 0 Å². The molecule has 1 aliphatic heterocycles. The van der Waals surface area contributed by atoms with Gasteiger partial charge in [-0.25, -0.2) is 0 Å². The third kappa shape index (κ3) is 6.14. The summed E-state index contributed by atoms with van der Waals surface area (Å²) in [7, 11) is 4.35. The second-order valence-corrected chi connectivity index (χ2v) is 8.36. The third-order valence-electron chi connectivity index (χ3n) is 5.75. The van der Waals surface area contributed by atoms with E-state index in [9.17, 15) is 5.26 Å². The highest BCUT2D eigenvalue weighted by molar-refractivity contribution is 5.71. The van der Waals surface area contributed by atoms with Crippen molar-refractivity contribution in [2.75, 3.05) is 46.8 Å². The van der Waals surface area contributed by atoms with E-state index in [1.807, 2.05) is 0 Å². The Balaban J connectivity index is 1.71. The van der Waals surface area contributed by atoms with Crippen LogP contribution in [0.3, 0.4) is 0 Å². The van der Waals surface area contributed by atoms with Crippen LogP contribution >= 0.6 is 0 Å². The van der Waals surface area contributed by atoms with Crippen molar-refractivity contribution in [3.63, 3.8) is 0 Å². The Hall–Kier alpha value is -2.19. The Labute approximate surface area is 176 Å². The quantitative estimate of drug-likeness (QED) is 0.709. The smallest absolute Gasteiger partial charge is 0.0998 e. The Bertz CT molecular complexity index is 822. The van der Waals surface area contributed by atoms with Crippen LogP contribution in [-0.4, -0.2) is 61.5 Å². The number of nitriles is 1. The van der Waals surface area contributed by atoms with Gasteiger partial charge in [0.05, 0.1) is 11.6 Å². The molecule has 0 spiro atoms. The van der Waals surface area contributed by atoms with E-state index in [4.69, 9.17) is 0 Å².